The number of Topliss-reactive ketones (excluding diaryl/α,β-unsaturated/α-hetero) is 1. The molecule has 0 aromatic heterocycles. The van der Waals surface area contributed by atoms with Gasteiger partial charge in [-0.15, -0.1) is 0 Å². The van der Waals surface area contributed by atoms with Crippen LogP contribution >= 0.6 is 15.9 Å². The third-order valence-electron chi connectivity index (χ3n) is 5.33. The molecule has 0 radical (unpaired) electrons. The van der Waals surface area contributed by atoms with Crippen LogP contribution in [-0.2, 0) is 6.54 Å². The minimum absolute atomic E-state index is 0.0413. The summed E-state index contributed by atoms with van der Waals surface area (Å²) in [5, 5.41) is 3.36. The van der Waals surface area contributed by atoms with E-state index in [0.717, 1.165) is 15.6 Å². The Morgan fingerprint density at radius 2 is 1.76 bits per heavy atom. The SMILES string of the molecule is O=C1c2c3ccc(NCc4ccccc4)c2C(=O)N(c2cccc(Br)c2)C1C=C3. The zero-order valence-electron chi connectivity index (χ0n) is 15.4. The minimum atomic E-state index is -0.610. The van der Waals surface area contributed by atoms with E-state index in [9.17, 15) is 9.59 Å². The molecule has 1 atom stereocenters. The fraction of sp³-hybridized carbons (Fsp3) is 0.0833. The van der Waals surface area contributed by atoms with Gasteiger partial charge < -0.3 is 5.32 Å². The summed E-state index contributed by atoms with van der Waals surface area (Å²) in [7, 11) is 0. The van der Waals surface area contributed by atoms with Crippen molar-refractivity contribution in [2.45, 2.75) is 12.6 Å². The summed E-state index contributed by atoms with van der Waals surface area (Å²) in [6, 6.07) is 20.6. The predicted molar refractivity (Wildman–Crippen MR) is 118 cm³/mol. The lowest BCUT2D eigenvalue weighted by Gasteiger charge is -2.37. The molecule has 0 saturated heterocycles. The van der Waals surface area contributed by atoms with Gasteiger partial charge in [0.2, 0.25) is 0 Å². The van der Waals surface area contributed by atoms with Crippen LogP contribution in [0.15, 0.2) is 77.3 Å². The van der Waals surface area contributed by atoms with E-state index in [1.165, 1.54) is 0 Å². The number of rotatable bonds is 4. The molecule has 1 unspecified atom stereocenters. The number of benzene rings is 3. The largest absolute Gasteiger partial charge is 0.380 e. The smallest absolute Gasteiger partial charge is 0.262 e. The van der Waals surface area contributed by atoms with E-state index in [1.54, 1.807) is 4.90 Å². The molecule has 4 nitrogen and oxygen atoms in total. The standard InChI is InChI=1S/C24H17BrN2O2/c25-17-7-4-8-18(13-17)27-20-12-10-16-9-11-19(22(24(27)29)21(16)23(20)28)26-14-15-5-2-1-3-6-15/h1-13,20,26H,14H2. The molecular formula is C24H17BrN2O2. The van der Waals surface area contributed by atoms with Crippen molar-refractivity contribution in [3.63, 3.8) is 0 Å². The Balaban J connectivity index is 1.60. The van der Waals surface area contributed by atoms with Crippen molar-refractivity contribution in [3.8, 4) is 0 Å². The van der Waals surface area contributed by atoms with E-state index in [0.29, 0.717) is 29.0 Å². The number of amides is 1. The summed E-state index contributed by atoms with van der Waals surface area (Å²) in [6.07, 6.45) is 3.74. The lowest BCUT2D eigenvalue weighted by Crippen LogP contribution is -2.50. The maximum atomic E-state index is 13.6. The average molecular weight is 445 g/mol. The highest BCUT2D eigenvalue weighted by atomic mass is 79.9. The van der Waals surface area contributed by atoms with E-state index in [2.05, 4.69) is 21.2 Å². The van der Waals surface area contributed by atoms with Crippen molar-refractivity contribution in [2.24, 2.45) is 0 Å². The second-order valence-electron chi connectivity index (χ2n) is 7.11. The Morgan fingerprint density at radius 1 is 0.931 bits per heavy atom. The molecule has 5 rings (SSSR count). The highest BCUT2D eigenvalue weighted by molar-refractivity contribution is 9.10. The van der Waals surface area contributed by atoms with Gasteiger partial charge in [0, 0.05) is 28.0 Å². The van der Waals surface area contributed by atoms with Crippen LogP contribution in [0.4, 0.5) is 11.4 Å². The maximum Gasteiger partial charge on any atom is 0.262 e. The average Bonchev–Trinajstić information content (AvgIpc) is 2.73. The van der Waals surface area contributed by atoms with Gasteiger partial charge in [-0.3, -0.25) is 14.5 Å². The van der Waals surface area contributed by atoms with E-state index < -0.39 is 6.04 Å². The molecule has 0 spiro atoms. The van der Waals surface area contributed by atoms with Crippen molar-refractivity contribution in [3.05, 3.63) is 99.5 Å². The molecule has 1 amide bonds. The molecule has 1 aliphatic carbocycles. The topological polar surface area (TPSA) is 49.4 Å². The Morgan fingerprint density at radius 3 is 2.55 bits per heavy atom. The van der Waals surface area contributed by atoms with Crippen LogP contribution < -0.4 is 10.2 Å². The molecule has 1 N–H and O–H groups in total. The molecule has 5 heteroatoms. The van der Waals surface area contributed by atoms with Crippen LogP contribution in [-0.4, -0.2) is 17.7 Å². The van der Waals surface area contributed by atoms with Gasteiger partial charge in [0.1, 0.15) is 6.04 Å². The fourth-order valence-electron chi connectivity index (χ4n) is 3.97. The van der Waals surface area contributed by atoms with Crippen molar-refractivity contribution >= 4 is 45.1 Å². The van der Waals surface area contributed by atoms with Crippen LogP contribution in [0.2, 0.25) is 0 Å². The van der Waals surface area contributed by atoms with Gasteiger partial charge >= 0.3 is 0 Å². The Hall–Kier alpha value is -3.18. The minimum Gasteiger partial charge on any atom is -0.380 e. The summed E-state index contributed by atoms with van der Waals surface area (Å²) in [5.41, 5.74) is 4.25. The van der Waals surface area contributed by atoms with Crippen LogP contribution in [0.1, 0.15) is 31.8 Å². The first kappa shape index (κ1) is 17.9. The number of fused-ring (bicyclic) bond motifs is 1. The number of ketones is 1. The number of carbonyl (C=O) groups is 2. The number of halogens is 1. The van der Waals surface area contributed by atoms with Crippen LogP contribution in [0.5, 0.6) is 0 Å². The number of hydrogen-bond acceptors (Lipinski definition) is 3. The van der Waals surface area contributed by atoms with Crippen molar-refractivity contribution in [1.29, 1.82) is 0 Å². The number of nitrogens with one attached hydrogen (secondary N) is 1. The monoisotopic (exact) mass is 444 g/mol. The molecule has 3 aromatic carbocycles. The van der Waals surface area contributed by atoms with Crippen molar-refractivity contribution in [2.75, 3.05) is 10.2 Å². The first-order valence-electron chi connectivity index (χ1n) is 9.40. The summed E-state index contributed by atoms with van der Waals surface area (Å²) in [4.78, 5) is 28.4. The number of anilines is 2. The van der Waals surface area contributed by atoms with E-state index in [-0.39, 0.29) is 11.7 Å². The highest BCUT2D eigenvalue weighted by Crippen LogP contribution is 2.38. The van der Waals surface area contributed by atoms with Gasteiger partial charge in [0.05, 0.1) is 5.56 Å². The zero-order chi connectivity index (χ0) is 20.0. The summed E-state index contributed by atoms with van der Waals surface area (Å²) in [6.45, 7) is 0.574. The molecule has 0 saturated carbocycles. The van der Waals surface area contributed by atoms with E-state index >= 15 is 0 Å². The lowest BCUT2D eigenvalue weighted by atomic mass is 9.83. The Kier molecular flexibility index (Phi) is 4.32. The molecule has 142 valence electrons. The molecule has 29 heavy (non-hydrogen) atoms. The number of nitrogens with zero attached hydrogens (tertiary/aromatic N) is 1. The summed E-state index contributed by atoms with van der Waals surface area (Å²) in [5.74, 6) is -0.204. The van der Waals surface area contributed by atoms with Crippen molar-refractivity contribution < 1.29 is 9.59 Å². The number of hydrogen-bond donors (Lipinski definition) is 1. The van der Waals surface area contributed by atoms with Crippen molar-refractivity contribution in [1.82, 2.24) is 0 Å². The van der Waals surface area contributed by atoms with Gasteiger partial charge in [-0.05, 0) is 35.4 Å². The number of carbonyl (C=O) groups excluding carboxylic acids is 2. The molecule has 2 bridgehead atoms. The normalized spacial score (nSPS) is 16.9. The lowest BCUT2D eigenvalue weighted by molar-refractivity contribution is 0.0885. The van der Waals surface area contributed by atoms with Gasteiger partial charge in [-0.2, -0.15) is 0 Å². The first-order chi connectivity index (χ1) is 14.1. The molecule has 0 fully saturated rings. The second kappa shape index (κ2) is 7.01. The van der Waals surface area contributed by atoms with Crippen LogP contribution in [0, 0.1) is 0 Å². The third-order valence-corrected chi connectivity index (χ3v) is 5.83. The fourth-order valence-corrected chi connectivity index (χ4v) is 4.36. The molecule has 1 aliphatic heterocycles. The van der Waals surface area contributed by atoms with Crippen LogP contribution in [0.3, 0.4) is 0 Å². The quantitative estimate of drug-likeness (QED) is 0.593. The highest BCUT2D eigenvalue weighted by Gasteiger charge is 2.42. The molecule has 1 heterocycles. The van der Waals surface area contributed by atoms with Gasteiger partial charge in [0.15, 0.2) is 5.78 Å². The van der Waals surface area contributed by atoms with Gasteiger partial charge in [-0.25, -0.2) is 0 Å². The molecule has 3 aromatic rings. The summed E-state index contributed by atoms with van der Waals surface area (Å²) >= 11 is 3.46. The Labute approximate surface area is 177 Å². The maximum absolute atomic E-state index is 13.6. The van der Waals surface area contributed by atoms with Crippen LogP contribution in [0.25, 0.3) is 6.08 Å². The van der Waals surface area contributed by atoms with Gasteiger partial charge in [0.25, 0.3) is 5.91 Å². The van der Waals surface area contributed by atoms with E-state index in [4.69, 9.17) is 0 Å². The van der Waals surface area contributed by atoms with Gasteiger partial charge in [-0.1, -0.05) is 70.5 Å². The second-order valence-corrected chi connectivity index (χ2v) is 8.03. The Bertz CT molecular complexity index is 1170. The van der Waals surface area contributed by atoms with E-state index in [1.807, 2.05) is 78.9 Å². The molecular weight excluding hydrogens is 428 g/mol. The molecule has 2 aliphatic rings. The first-order valence-corrected chi connectivity index (χ1v) is 10.2. The zero-order valence-corrected chi connectivity index (χ0v) is 17.0. The predicted octanol–water partition coefficient (Wildman–Crippen LogP) is 5.30. The summed E-state index contributed by atoms with van der Waals surface area (Å²) < 4.78 is 0.858. The third kappa shape index (κ3) is 2.98.